The second-order valence-electron chi connectivity index (χ2n) is 6.38. The van der Waals surface area contributed by atoms with E-state index in [0.717, 1.165) is 23.8 Å². The quantitative estimate of drug-likeness (QED) is 0.330. The van der Waals surface area contributed by atoms with E-state index in [4.69, 9.17) is 4.98 Å². The average molecular weight is 476 g/mol. The van der Waals surface area contributed by atoms with Gasteiger partial charge in [0.15, 0.2) is 0 Å². The first kappa shape index (κ1) is 21.0. The minimum absolute atomic E-state index is 0. The SMILES string of the molecule is Cc1ccc([N+](=O)[O-])cc1-n1c(CSC2=[NH+]CCN2)nc2ccccc2c1=O.[Br-]. The number of aromatic nitrogens is 2. The highest BCUT2D eigenvalue weighted by Crippen LogP contribution is 2.23. The van der Waals surface area contributed by atoms with Crippen LogP contribution in [0.3, 0.4) is 0 Å². The van der Waals surface area contributed by atoms with Crippen molar-refractivity contribution in [2.45, 2.75) is 12.7 Å². The molecule has 3 aromatic rings. The second kappa shape index (κ2) is 8.75. The number of hydrogen-bond donors (Lipinski definition) is 2. The third-order valence-corrected chi connectivity index (χ3v) is 5.51. The Kier molecular flexibility index (Phi) is 6.33. The van der Waals surface area contributed by atoms with Crippen LogP contribution in [0.15, 0.2) is 47.3 Å². The van der Waals surface area contributed by atoms with Crippen molar-refractivity contribution in [2.75, 3.05) is 13.1 Å². The van der Waals surface area contributed by atoms with Crippen LogP contribution in [-0.4, -0.2) is 32.7 Å². The molecule has 29 heavy (non-hydrogen) atoms. The summed E-state index contributed by atoms with van der Waals surface area (Å²) in [5, 5.41) is 15.9. The van der Waals surface area contributed by atoms with Gasteiger partial charge in [-0.05, 0) is 36.4 Å². The number of hydrogen-bond acceptors (Lipinski definition) is 6. The minimum atomic E-state index is -0.459. The molecule has 0 atom stereocenters. The topological polar surface area (TPSA) is 104 Å². The summed E-state index contributed by atoms with van der Waals surface area (Å²) in [6.45, 7) is 3.53. The number of fused-ring (bicyclic) bond motifs is 1. The summed E-state index contributed by atoms with van der Waals surface area (Å²) in [7, 11) is 0. The highest BCUT2D eigenvalue weighted by atomic mass is 79.9. The third-order valence-electron chi connectivity index (χ3n) is 4.53. The van der Waals surface area contributed by atoms with Crippen molar-refractivity contribution in [1.82, 2.24) is 14.9 Å². The molecule has 0 unspecified atom stereocenters. The zero-order chi connectivity index (χ0) is 19.7. The van der Waals surface area contributed by atoms with Crippen LogP contribution >= 0.6 is 11.8 Å². The van der Waals surface area contributed by atoms with Gasteiger partial charge >= 0.3 is 5.17 Å². The van der Waals surface area contributed by atoms with Gasteiger partial charge in [0.2, 0.25) is 0 Å². The largest absolute Gasteiger partial charge is 1.00 e. The lowest BCUT2D eigenvalue weighted by atomic mass is 10.1. The number of benzene rings is 2. The van der Waals surface area contributed by atoms with E-state index >= 15 is 0 Å². The maximum Gasteiger partial charge on any atom is 0.304 e. The van der Waals surface area contributed by atoms with Crippen LogP contribution in [0.5, 0.6) is 0 Å². The Morgan fingerprint density at radius 3 is 2.83 bits per heavy atom. The van der Waals surface area contributed by atoms with Crippen LogP contribution < -0.4 is 32.8 Å². The van der Waals surface area contributed by atoms with Gasteiger partial charge in [0.1, 0.15) is 18.9 Å². The Bertz CT molecular complexity index is 1180. The lowest BCUT2D eigenvalue weighted by molar-refractivity contribution is -0.441. The fourth-order valence-corrected chi connectivity index (χ4v) is 4.00. The van der Waals surface area contributed by atoms with Crippen molar-refractivity contribution in [2.24, 2.45) is 0 Å². The number of amidine groups is 1. The van der Waals surface area contributed by atoms with Crippen LogP contribution in [0.2, 0.25) is 0 Å². The number of aryl methyl sites for hydroxylation is 1. The fourth-order valence-electron chi connectivity index (χ4n) is 3.13. The molecule has 0 spiro atoms. The molecule has 4 rings (SSSR count). The Balaban J connectivity index is 0.00000240. The zero-order valence-electron chi connectivity index (χ0n) is 15.5. The predicted octanol–water partition coefficient (Wildman–Crippen LogP) is -2.12. The summed E-state index contributed by atoms with van der Waals surface area (Å²) in [6.07, 6.45) is 0. The van der Waals surface area contributed by atoms with E-state index in [0.29, 0.717) is 28.2 Å². The molecule has 1 aromatic heterocycles. The molecule has 0 saturated carbocycles. The summed E-state index contributed by atoms with van der Waals surface area (Å²) < 4.78 is 1.49. The molecular formula is C19H18BrN5O3S. The van der Waals surface area contributed by atoms with Crippen molar-refractivity contribution < 1.29 is 26.9 Å². The van der Waals surface area contributed by atoms with Crippen LogP contribution in [0, 0.1) is 17.0 Å². The Hall–Kier alpha value is -2.72. The van der Waals surface area contributed by atoms with Gasteiger partial charge in [0.25, 0.3) is 11.2 Å². The first-order valence-electron chi connectivity index (χ1n) is 8.78. The minimum Gasteiger partial charge on any atom is -1.00 e. The van der Waals surface area contributed by atoms with Gasteiger partial charge in [-0.1, -0.05) is 18.2 Å². The number of non-ortho nitro benzene ring substituents is 1. The van der Waals surface area contributed by atoms with Gasteiger partial charge in [-0.3, -0.25) is 29.8 Å². The Morgan fingerprint density at radius 2 is 2.10 bits per heavy atom. The molecule has 0 saturated heterocycles. The number of nitro groups is 1. The molecule has 2 aromatic carbocycles. The molecule has 0 bridgehead atoms. The zero-order valence-corrected chi connectivity index (χ0v) is 17.9. The van der Waals surface area contributed by atoms with E-state index in [1.165, 1.54) is 28.5 Å². The normalized spacial score (nSPS) is 12.9. The monoisotopic (exact) mass is 475 g/mol. The molecule has 1 aliphatic heterocycles. The fraction of sp³-hybridized carbons (Fsp3) is 0.211. The van der Waals surface area contributed by atoms with Crippen molar-refractivity contribution in [3.8, 4) is 5.69 Å². The van der Waals surface area contributed by atoms with E-state index in [2.05, 4.69) is 10.3 Å². The smallest absolute Gasteiger partial charge is 0.304 e. The molecule has 1 aliphatic rings. The third kappa shape index (κ3) is 4.18. The molecule has 0 fully saturated rings. The highest BCUT2D eigenvalue weighted by Gasteiger charge is 2.20. The number of nitrogens with zero attached hydrogens (tertiary/aromatic N) is 3. The highest BCUT2D eigenvalue weighted by molar-refractivity contribution is 8.12. The van der Waals surface area contributed by atoms with Crippen molar-refractivity contribution in [3.63, 3.8) is 0 Å². The summed E-state index contributed by atoms with van der Waals surface area (Å²) in [5.41, 5.74) is 1.56. The molecule has 150 valence electrons. The number of rotatable bonds is 4. The van der Waals surface area contributed by atoms with Crippen LogP contribution in [0.25, 0.3) is 16.6 Å². The lowest BCUT2D eigenvalue weighted by Crippen LogP contribution is -3.00. The van der Waals surface area contributed by atoms with Crippen molar-refractivity contribution in [1.29, 1.82) is 0 Å². The molecule has 0 radical (unpaired) electrons. The van der Waals surface area contributed by atoms with Gasteiger partial charge in [-0.2, -0.15) is 0 Å². The summed E-state index contributed by atoms with van der Waals surface area (Å²) in [4.78, 5) is 32.0. The molecule has 0 aliphatic carbocycles. The number of para-hydroxylation sites is 1. The van der Waals surface area contributed by atoms with Gasteiger partial charge in [0.05, 0.1) is 27.3 Å². The molecule has 2 heterocycles. The first-order valence-corrected chi connectivity index (χ1v) is 9.77. The van der Waals surface area contributed by atoms with Gasteiger partial charge in [-0.25, -0.2) is 4.98 Å². The van der Waals surface area contributed by atoms with E-state index in [-0.39, 0.29) is 28.2 Å². The molecular weight excluding hydrogens is 458 g/mol. The van der Waals surface area contributed by atoms with E-state index in [9.17, 15) is 14.9 Å². The lowest BCUT2D eigenvalue weighted by Gasteiger charge is -2.15. The van der Waals surface area contributed by atoms with Gasteiger partial charge in [0, 0.05) is 12.1 Å². The Labute approximate surface area is 181 Å². The van der Waals surface area contributed by atoms with Crippen molar-refractivity contribution in [3.05, 3.63) is 74.3 Å². The average Bonchev–Trinajstić information content (AvgIpc) is 3.21. The van der Waals surface area contributed by atoms with Crippen LogP contribution in [0.4, 0.5) is 5.69 Å². The van der Waals surface area contributed by atoms with Crippen LogP contribution in [0.1, 0.15) is 11.4 Å². The predicted molar refractivity (Wildman–Crippen MR) is 109 cm³/mol. The number of thioether (sulfide) groups is 1. The van der Waals surface area contributed by atoms with E-state index in [1.807, 2.05) is 13.0 Å². The van der Waals surface area contributed by atoms with Gasteiger partial charge < -0.3 is 17.0 Å². The maximum atomic E-state index is 13.3. The number of nitro benzene ring substituents is 1. The Morgan fingerprint density at radius 1 is 1.31 bits per heavy atom. The van der Waals surface area contributed by atoms with Gasteiger partial charge in [-0.15, -0.1) is 0 Å². The first-order chi connectivity index (χ1) is 13.5. The van der Waals surface area contributed by atoms with Crippen molar-refractivity contribution >= 4 is 33.5 Å². The van der Waals surface area contributed by atoms with E-state index in [1.54, 1.807) is 24.3 Å². The number of nitrogens with one attached hydrogen (secondary N) is 2. The molecule has 8 nitrogen and oxygen atoms in total. The van der Waals surface area contributed by atoms with E-state index < -0.39 is 4.92 Å². The molecule has 0 amide bonds. The standard InChI is InChI=1S/C19H17N5O3S.BrH/c1-12-6-7-13(24(26)27)10-16(12)23-17(11-28-19-20-8-9-21-19)22-15-5-3-2-4-14(15)18(23)25;/h2-7,10H,8-9,11H2,1H3,(H,20,21);1H. The molecule has 2 N–H and O–H groups in total. The number of halogens is 1. The molecule has 10 heteroatoms. The maximum absolute atomic E-state index is 13.3. The van der Waals surface area contributed by atoms with Crippen LogP contribution in [-0.2, 0) is 5.75 Å². The summed E-state index contributed by atoms with van der Waals surface area (Å²) in [6, 6.07) is 11.7. The summed E-state index contributed by atoms with van der Waals surface area (Å²) >= 11 is 1.52. The summed E-state index contributed by atoms with van der Waals surface area (Å²) in [5.74, 6) is 0.984. The second-order valence-corrected chi connectivity index (χ2v) is 7.37.